The minimum atomic E-state index is -3.07. The van der Waals surface area contributed by atoms with Crippen molar-refractivity contribution in [3.8, 4) is 5.75 Å². The molecule has 0 aliphatic rings. The first-order valence-corrected chi connectivity index (χ1v) is 6.53. The highest BCUT2D eigenvalue weighted by molar-refractivity contribution is 9.09. The maximum absolute atomic E-state index is 12.2. The maximum atomic E-state index is 12.2. The summed E-state index contributed by atoms with van der Waals surface area (Å²) in [5.74, 6) is -2.01. The maximum Gasteiger partial charge on any atom is 0.387 e. The van der Waals surface area contributed by atoms with Gasteiger partial charge in [-0.05, 0) is 17.7 Å². The number of aliphatic hydroxyl groups is 1. The molecule has 1 atom stereocenters. The fourth-order valence-electron chi connectivity index (χ4n) is 1.52. The molecule has 1 aromatic rings. The molecule has 20 heavy (non-hydrogen) atoms. The summed E-state index contributed by atoms with van der Waals surface area (Å²) >= 11 is 2.94. The zero-order valence-corrected chi connectivity index (χ0v) is 11.6. The lowest BCUT2D eigenvalue weighted by atomic mass is 10.0. The number of carbonyl (C=O) groups excluding carboxylic acids is 1. The van der Waals surface area contributed by atoms with E-state index in [1.54, 1.807) is 0 Å². The average molecular weight is 353 g/mol. The van der Waals surface area contributed by atoms with E-state index in [2.05, 4.69) is 20.7 Å². The van der Waals surface area contributed by atoms with Crippen LogP contribution in [0.5, 0.6) is 5.75 Å². The third kappa shape index (κ3) is 4.53. The van der Waals surface area contributed by atoms with Crippen molar-refractivity contribution in [3.05, 3.63) is 29.3 Å². The first-order chi connectivity index (χ1) is 9.35. The molecular formula is C12H11BrF2O5. The molecule has 0 saturated carbocycles. The van der Waals surface area contributed by atoms with E-state index in [4.69, 9.17) is 5.11 Å². The lowest BCUT2D eigenvalue weighted by Gasteiger charge is -2.13. The lowest BCUT2D eigenvalue weighted by molar-refractivity contribution is -0.147. The van der Waals surface area contributed by atoms with Crippen LogP contribution in [0.2, 0.25) is 0 Å². The number of ether oxygens (including phenoxy) is 1. The third-order valence-electron chi connectivity index (χ3n) is 2.39. The molecule has 0 bridgehead atoms. The molecule has 0 radical (unpaired) electrons. The molecule has 0 amide bonds. The monoisotopic (exact) mass is 352 g/mol. The molecule has 5 nitrogen and oxygen atoms in total. The second-order valence-electron chi connectivity index (χ2n) is 3.84. The molecule has 1 rings (SSSR count). The number of carbonyl (C=O) groups is 2. The molecule has 0 aliphatic heterocycles. The summed E-state index contributed by atoms with van der Waals surface area (Å²) in [6.07, 6.45) is -2.01. The zero-order valence-electron chi connectivity index (χ0n) is 10.1. The van der Waals surface area contributed by atoms with Crippen LogP contribution >= 0.6 is 15.9 Å². The van der Waals surface area contributed by atoms with Crippen molar-refractivity contribution in [2.75, 3.05) is 5.33 Å². The summed E-state index contributed by atoms with van der Waals surface area (Å²) in [7, 11) is 0. The van der Waals surface area contributed by atoms with Crippen LogP contribution in [-0.4, -0.2) is 33.9 Å². The molecule has 0 spiro atoms. The first kappa shape index (κ1) is 16.5. The lowest BCUT2D eigenvalue weighted by Crippen LogP contribution is -2.13. The minimum absolute atomic E-state index is 0.0171. The van der Waals surface area contributed by atoms with E-state index in [0.717, 1.165) is 18.2 Å². The van der Waals surface area contributed by atoms with Crippen LogP contribution in [0.25, 0.3) is 0 Å². The van der Waals surface area contributed by atoms with Gasteiger partial charge in [-0.3, -0.25) is 4.79 Å². The van der Waals surface area contributed by atoms with E-state index in [1.165, 1.54) is 0 Å². The van der Waals surface area contributed by atoms with Gasteiger partial charge in [0.1, 0.15) is 11.5 Å². The van der Waals surface area contributed by atoms with Crippen molar-refractivity contribution in [3.63, 3.8) is 0 Å². The zero-order chi connectivity index (χ0) is 15.3. The van der Waals surface area contributed by atoms with E-state index in [0.29, 0.717) is 0 Å². The minimum Gasteiger partial charge on any atom is -0.479 e. The molecule has 0 aliphatic carbocycles. The Bertz CT molecular complexity index is 507. The van der Waals surface area contributed by atoms with Crippen LogP contribution in [0.15, 0.2) is 18.2 Å². The van der Waals surface area contributed by atoms with Crippen molar-refractivity contribution in [1.29, 1.82) is 0 Å². The van der Waals surface area contributed by atoms with Crippen molar-refractivity contribution >= 4 is 27.7 Å². The summed E-state index contributed by atoms with van der Waals surface area (Å²) in [5, 5.41) is 18.1. The molecule has 0 aromatic heterocycles. The largest absolute Gasteiger partial charge is 0.479 e. The Labute approximate surface area is 121 Å². The van der Waals surface area contributed by atoms with E-state index in [-0.39, 0.29) is 34.4 Å². The Morgan fingerprint density at radius 3 is 2.50 bits per heavy atom. The van der Waals surface area contributed by atoms with Gasteiger partial charge in [-0.15, -0.1) is 0 Å². The first-order valence-electron chi connectivity index (χ1n) is 5.41. The number of hydrogen-bond acceptors (Lipinski definition) is 4. The van der Waals surface area contributed by atoms with Gasteiger partial charge in [-0.2, -0.15) is 8.78 Å². The summed E-state index contributed by atoms with van der Waals surface area (Å²) < 4.78 is 28.8. The Morgan fingerprint density at radius 2 is 2.00 bits per heavy atom. The quantitative estimate of drug-likeness (QED) is 0.732. The molecule has 8 heteroatoms. The van der Waals surface area contributed by atoms with Crippen LogP contribution in [0.1, 0.15) is 17.2 Å². The number of Topliss-reactive ketones (excluding diaryl/α,β-unsaturated/α-hetero) is 1. The Morgan fingerprint density at radius 1 is 1.35 bits per heavy atom. The van der Waals surface area contributed by atoms with Crippen molar-refractivity contribution in [2.45, 2.75) is 19.1 Å². The second kappa shape index (κ2) is 7.30. The van der Waals surface area contributed by atoms with E-state index in [1.807, 2.05) is 0 Å². The van der Waals surface area contributed by atoms with Crippen LogP contribution < -0.4 is 4.74 Å². The Balaban J connectivity index is 3.13. The van der Waals surface area contributed by atoms with E-state index < -0.39 is 18.7 Å². The smallest absolute Gasteiger partial charge is 0.387 e. The number of ketones is 1. The number of rotatable bonds is 7. The predicted octanol–water partition coefficient (Wildman–Crippen LogP) is 1.91. The highest BCUT2D eigenvalue weighted by Gasteiger charge is 2.19. The number of aliphatic carboxylic acids is 1. The van der Waals surface area contributed by atoms with Crippen LogP contribution in [-0.2, 0) is 16.0 Å². The van der Waals surface area contributed by atoms with Gasteiger partial charge < -0.3 is 14.9 Å². The normalized spacial score (nSPS) is 12.2. The Hall–Kier alpha value is -1.54. The fourth-order valence-corrected chi connectivity index (χ4v) is 1.72. The molecule has 0 fully saturated rings. The summed E-state index contributed by atoms with van der Waals surface area (Å²) in [4.78, 5) is 22.0. The average Bonchev–Trinajstić information content (AvgIpc) is 2.39. The highest BCUT2D eigenvalue weighted by Crippen LogP contribution is 2.26. The SMILES string of the molecule is O=C(CBr)Cc1cc(C(O)C(=O)O)ccc1OC(F)F. The van der Waals surface area contributed by atoms with E-state index in [9.17, 15) is 23.5 Å². The van der Waals surface area contributed by atoms with Gasteiger partial charge in [0.2, 0.25) is 0 Å². The second-order valence-corrected chi connectivity index (χ2v) is 4.40. The number of carboxylic acids is 1. The molecule has 1 aromatic carbocycles. The van der Waals surface area contributed by atoms with Gasteiger partial charge in [0.25, 0.3) is 0 Å². The molecular weight excluding hydrogens is 342 g/mol. The van der Waals surface area contributed by atoms with Crippen molar-refractivity contribution < 1.29 is 33.3 Å². The number of hydrogen-bond donors (Lipinski definition) is 2. The number of halogens is 3. The fraction of sp³-hybridized carbons (Fsp3) is 0.333. The van der Waals surface area contributed by atoms with Gasteiger partial charge in [-0.1, -0.05) is 22.0 Å². The number of alkyl halides is 3. The number of aliphatic hydroxyl groups excluding tert-OH is 1. The predicted molar refractivity (Wildman–Crippen MR) is 68.2 cm³/mol. The van der Waals surface area contributed by atoms with Crippen LogP contribution in [0.3, 0.4) is 0 Å². The molecule has 110 valence electrons. The van der Waals surface area contributed by atoms with Crippen molar-refractivity contribution in [2.24, 2.45) is 0 Å². The third-order valence-corrected chi connectivity index (χ3v) is 3.01. The standard InChI is InChI=1S/C12H11BrF2O5/c13-5-8(16)4-7-3-6(10(17)11(18)19)1-2-9(7)20-12(14)15/h1-3,10,12,17H,4-5H2,(H,18,19). The Kier molecular flexibility index (Phi) is 6.03. The molecule has 0 heterocycles. The van der Waals surface area contributed by atoms with E-state index >= 15 is 0 Å². The van der Waals surface area contributed by atoms with Crippen LogP contribution in [0, 0.1) is 0 Å². The molecule has 1 unspecified atom stereocenters. The van der Waals surface area contributed by atoms with Crippen LogP contribution in [0.4, 0.5) is 8.78 Å². The van der Waals surface area contributed by atoms with Gasteiger partial charge in [0, 0.05) is 12.0 Å². The summed E-state index contributed by atoms with van der Waals surface area (Å²) in [6.45, 7) is -3.07. The number of benzene rings is 1. The van der Waals surface area contributed by atoms with Crippen molar-refractivity contribution in [1.82, 2.24) is 0 Å². The van der Waals surface area contributed by atoms with Gasteiger partial charge in [0.15, 0.2) is 6.10 Å². The summed E-state index contributed by atoms with van der Waals surface area (Å²) in [6, 6.07) is 3.42. The topological polar surface area (TPSA) is 83.8 Å². The number of carboxylic acid groups (broad SMARTS) is 1. The summed E-state index contributed by atoms with van der Waals surface area (Å²) in [5.41, 5.74) is 0.0732. The molecule has 0 saturated heterocycles. The van der Waals surface area contributed by atoms with Gasteiger partial charge in [-0.25, -0.2) is 4.79 Å². The van der Waals surface area contributed by atoms with Gasteiger partial charge in [0.05, 0.1) is 5.33 Å². The molecule has 2 N–H and O–H groups in total. The highest BCUT2D eigenvalue weighted by atomic mass is 79.9. The van der Waals surface area contributed by atoms with Gasteiger partial charge >= 0.3 is 12.6 Å².